The molecular weight excluding hydrogens is 406 g/mol. The molecule has 1 unspecified atom stereocenters. The van der Waals surface area contributed by atoms with Crippen LogP contribution in [0.1, 0.15) is 38.8 Å². The fourth-order valence-corrected chi connectivity index (χ4v) is 3.69. The van der Waals surface area contributed by atoms with Crippen LogP contribution in [0.3, 0.4) is 0 Å². The molecule has 0 saturated carbocycles. The van der Waals surface area contributed by atoms with Gasteiger partial charge in [-0.3, -0.25) is 9.59 Å². The monoisotopic (exact) mass is 434 g/mol. The van der Waals surface area contributed by atoms with Gasteiger partial charge in [-0.25, -0.2) is 8.78 Å². The fraction of sp³-hybridized carbons (Fsp3) is 0.391. The van der Waals surface area contributed by atoms with Crippen molar-refractivity contribution in [1.29, 1.82) is 0 Å². The molecule has 0 bridgehead atoms. The Hall–Kier alpha value is -2.41. The number of benzene rings is 2. The van der Waals surface area contributed by atoms with Gasteiger partial charge in [-0.1, -0.05) is 30.3 Å². The molecule has 2 aromatic rings. The highest BCUT2D eigenvalue weighted by atomic mass is 32.2. The molecule has 0 fully saturated rings. The zero-order valence-corrected chi connectivity index (χ0v) is 18.6. The number of thioether (sulfide) groups is 1. The van der Waals surface area contributed by atoms with Gasteiger partial charge in [0, 0.05) is 17.8 Å². The summed E-state index contributed by atoms with van der Waals surface area (Å²) in [4.78, 5) is 27.1. The minimum absolute atomic E-state index is 0.0999. The lowest BCUT2D eigenvalue weighted by molar-refractivity contribution is -0.139. The highest BCUT2D eigenvalue weighted by Gasteiger charge is 2.28. The molecule has 0 aromatic heterocycles. The van der Waals surface area contributed by atoms with Crippen LogP contribution in [0.2, 0.25) is 0 Å². The first-order valence-corrected chi connectivity index (χ1v) is 10.9. The standard InChI is InChI=1S/C23H28F2N2O2S/c1-16(22(29)26-23(2,3)4)27(13-17-9-11-19(24)12-10-17)21(28)15-30-14-18-7-5-6-8-20(18)25/h5-12,16H,13-15H2,1-4H3,(H,26,29). The van der Waals surface area contributed by atoms with Gasteiger partial charge in [0.25, 0.3) is 0 Å². The van der Waals surface area contributed by atoms with E-state index in [4.69, 9.17) is 0 Å². The molecule has 7 heteroatoms. The number of carbonyl (C=O) groups excluding carboxylic acids is 2. The van der Waals surface area contributed by atoms with Crippen LogP contribution in [0, 0.1) is 11.6 Å². The van der Waals surface area contributed by atoms with E-state index in [1.807, 2.05) is 20.8 Å². The Labute approximate surface area is 181 Å². The molecule has 2 rings (SSSR count). The summed E-state index contributed by atoms with van der Waals surface area (Å²) in [6, 6.07) is 11.6. The molecule has 0 spiro atoms. The largest absolute Gasteiger partial charge is 0.350 e. The SMILES string of the molecule is CC(C(=O)NC(C)(C)C)N(Cc1ccc(F)cc1)C(=O)CSCc1ccccc1F. The van der Waals surface area contributed by atoms with Crippen molar-refractivity contribution in [2.24, 2.45) is 0 Å². The molecule has 0 heterocycles. The normalized spacial score (nSPS) is 12.3. The molecule has 0 aliphatic heterocycles. The predicted molar refractivity (Wildman–Crippen MR) is 117 cm³/mol. The lowest BCUT2D eigenvalue weighted by Crippen LogP contribution is -2.52. The number of nitrogens with one attached hydrogen (secondary N) is 1. The average Bonchev–Trinajstić information content (AvgIpc) is 2.67. The minimum Gasteiger partial charge on any atom is -0.350 e. The summed E-state index contributed by atoms with van der Waals surface area (Å²) in [6.45, 7) is 7.46. The third-order valence-electron chi connectivity index (χ3n) is 4.37. The van der Waals surface area contributed by atoms with Gasteiger partial charge in [-0.15, -0.1) is 11.8 Å². The molecule has 0 saturated heterocycles. The first kappa shape index (κ1) is 23.9. The van der Waals surface area contributed by atoms with Gasteiger partial charge in [0.2, 0.25) is 11.8 Å². The van der Waals surface area contributed by atoms with Gasteiger partial charge in [0.05, 0.1) is 5.75 Å². The summed E-state index contributed by atoms with van der Waals surface area (Å²) < 4.78 is 27.0. The van der Waals surface area contributed by atoms with Crippen LogP contribution in [-0.2, 0) is 21.9 Å². The highest BCUT2D eigenvalue weighted by Crippen LogP contribution is 2.18. The van der Waals surface area contributed by atoms with Crippen molar-refractivity contribution in [1.82, 2.24) is 10.2 Å². The molecule has 4 nitrogen and oxygen atoms in total. The van der Waals surface area contributed by atoms with Crippen molar-refractivity contribution in [2.75, 3.05) is 5.75 Å². The Kier molecular flexibility index (Phi) is 8.41. The third kappa shape index (κ3) is 7.44. The van der Waals surface area contributed by atoms with Crippen LogP contribution in [0.25, 0.3) is 0 Å². The van der Waals surface area contributed by atoms with Crippen molar-refractivity contribution < 1.29 is 18.4 Å². The molecular formula is C23H28F2N2O2S. The van der Waals surface area contributed by atoms with Crippen LogP contribution >= 0.6 is 11.8 Å². The Morgan fingerprint density at radius 3 is 2.30 bits per heavy atom. The van der Waals surface area contributed by atoms with Crippen LogP contribution in [0.4, 0.5) is 8.78 Å². The molecule has 0 aliphatic rings. The van der Waals surface area contributed by atoms with Crippen molar-refractivity contribution in [3.8, 4) is 0 Å². The second kappa shape index (κ2) is 10.6. The maximum absolute atomic E-state index is 13.8. The lowest BCUT2D eigenvalue weighted by Gasteiger charge is -2.31. The van der Waals surface area contributed by atoms with Crippen molar-refractivity contribution in [3.63, 3.8) is 0 Å². The van der Waals surface area contributed by atoms with E-state index in [9.17, 15) is 18.4 Å². The number of nitrogens with zero attached hydrogens (tertiary/aromatic N) is 1. The van der Waals surface area contributed by atoms with Gasteiger partial charge in [-0.05, 0) is 57.0 Å². The Balaban J connectivity index is 2.10. The molecule has 1 N–H and O–H groups in total. The quantitative estimate of drug-likeness (QED) is 0.664. The van der Waals surface area contributed by atoms with Crippen LogP contribution in [0.5, 0.6) is 0 Å². The van der Waals surface area contributed by atoms with Crippen LogP contribution in [-0.4, -0.2) is 34.0 Å². The second-order valence-electron chi connectivity index (χ2n) is 8.15. The molecule has 30 heavy (non-hydrogen) atoms. The number of amides is 2. The van der Waals surface area contributed by atoms with E-state index in [0.717, 1.165) is 5.56 Å². The molecule has 0 aliphatic carbocycles. The number of carbonyl (C=O) groups is 2. The summed E-state index contributed by atoms with van der Waals surface area (Å²) in [5, 5.41) is 2.89. The lowest BCUT2D eigenvalue weighted by atomic mass is 10.1. The van der Waals surface area contributed by atoms with Crippen molar-refractivity contribution >= 4 is 23.6 Å². The summed E-state index contributed by atoms with van der Waals surface area (Å²) in [5.41, 5.74) is 0.813. The van der Waals surface area contributed by atoms with E-state index < -0.39 is 11.6 Å². The Morgan fingerprint density at radius 2 is 1.70 bits per heavy atom. The molecule has 2 aromatic carbocycles. The van der Waals surface area contributed by atoms with Crippen molar-refractivity contribution in [3.05, 3.63) is 71.3 Å². The highest BCUT2D eigenvalue weighted by molar-refractivity contribution is 7.99. The van der Waals surface area contributed by atoms with E-state index in [0.29, 0.717) is 11.3 Å². The maximum atomic E-state index is 13.8. The van der Waals surface area contributed by atoms with E-state index in [-0.39, 0.29) is 35.7 Å². The number of hydrogen-bond acceptors (Lipinski definition) is 3. The van der Waals surface area contributed by atoms with E-state index in [1.54, 1.807) is 37.3 Å². The average molecular weight is 435 g/mol. The Morgan fingerprint density at radius 1 is 1.07 bits per heavy atom. The van der Waals surface area contributed by atoms with Gasteiger partial charge in [0.1, 0.15) is 17.7 Å². The van der Waals surface area contributed by atoms with Crippen molar-refractivity contribution in [2.45, 2.75) is 51.6 Å². The molecule has 0 radical (unpaired) electrons. The number of halogens is 2. The third-order valence-corrected chi connectivity index (χ3v) is 5.34. The fourth-order valence-electron chi connectivity index (χ4n) is 2.79. The van der Waals surface area contributed by atoms with E-state index in [1.165, 1.54) is 34.9 Å². The first-order chi connectivity index (χ1) is 14.1. The van der Waals surface area contributed by atoms with Gasteiger partial charge in [-0.2, -0.15) is 0 Å². The molecule has 162 valence electrons. The van der Waals surface area contributed by atoms with E-state index in [2.05, 4.69) is 5.32 Å². The minimum atomic E-state index is -0.712. The number of rotatable bonds is 8. The summed E-state index contributed by atoms with van der Waals surface area (Å²) in [5.74, 6) is -0.725. The smallest absolute Gasteiger partial charge is 0.242 e. The summed E-state index contributed by atoms with van der Waals surface area (Å²) in [7, 11) is 0. The maximum Gasteiger partial charge on any atom is 0.242 e. The number of hydrogen-bond donors (Lipinski definition) is 1. The van der Waals surface area contributed by atoms with Gasteiger partial charge >= 0.3 is 0 Å². The van der Waals surface area contributed by atoms with Gasteiger partial charge < -0.3 is 10.2 Å². The van der Waals surface area contributed by atoms with Gasteiger partial charge in [0.15, 0.2) is 0 Å². The summed E-state index contributed by atoms with van der Waals surface area (Å²) >= 11 is 1.29. The molecule has 2 amide bonds. The molecule has 1 atom stereocenters. The van der Waals surface area contributed by atoms with Crippen LogP contribution < -0.4 is 5.32 Å². The van der Waals surface area contributed by atoms with E-state index >= 15 is 0 Å². The second-order valence-corrected chi connectivity index (χ2v) is 9.13. The topological polar surface area (TPSA) is 49.4 Å². The zero-order chi connectivity index (χ0) is 22.3. The Bertz CT molecular complexity index is 866. The summed E-state index contributed by atoms with van der Waals surface area (Å²) in [6.07, 6.45) is 0. The first-order valence-electron chi connectivity index (χ1n) is 9.74. The zero-order valence-electron chi connectivity index (χ0n) is 17.7. The predicted octanol–water partition coefficient (Wildman–Crippen LogP) is 4.53. The van der Waals surface area contributed by atoms with Crippen LogP contribution in [0.15, 0.2) is 48.5 Å².